The zero-order chi connectivity index (χ0) is 24.9. The number of carbonyl (C=O) groups is 3. The zero-order valence-corrected chi connectivity index (χ0v) is 18.2. The van der Waals surface area contributed by atoms with Crippen LogP contribution in [0.1, 0.15) is 36.7 Å². The summed E-state index contributed by atoms with van der Waals surface area (Å²) in [5.74, 6) is -3.67. The number of hydrogen-bond acceptors (Lipinski definition) is 6. The van der Waals surface area contributed by atoms with Crippen molar-refractivity contribution in [1.82, 2.24) is 31.1 Å². The first-order valence-electron chi connectivity index (χ1n) is 10.6. The second-order valence-corrected chi connectivity index (χ2v) is 8.04. The Morgan fingerprint density at radius 3 is 2.44 bits per heavy atom. The summed E-state index contributed by atoms with van der Waals surface area (Å²) in [6.45, 7) is 0. The van der Waals surface area contributed by atoms with E-state index in [2.05, 4.69) is 31.1 Å². The molecule has 13 heteroatoms. The lowest BCUT2D eigenvalue weighted by Crippen LogP contribution is -2.55. The number of benzene rings is 1. The molecule has 1 aromatic heterocycles. The molecular formula is C21H24F4N6O3. The maximum atomic E-state index is 14.2. The van der Waals surface area contributed by atoms with Crippen LogP contribution < -0.4 is 16.0 Å². The topological polar surface area (TPSA) is 129 Å². The lowest BCUT2D eigenvalue weighted by atomic mass is 10.0. The fraction of sp³-hybridized carbons (Fsp3) is 0.476. The average molecular weight is 484 g/mol. The molecule has 1 aliphatic rings. The van der Waals surface area contributed by atoms with Crippen LogP contribution in [0.25, 0.3) is 0 Å². The van der Waals surface area contributed by atoms with Crippen LogP contribution in [0.2, 0.25) is 0 Å². The second-order valence-electron chi connectivity index (χ2n) is 8.04. The van der Waals surface area contributed by atoms with Crippen LogP contribution in [0.15, 0.2) is 30.6 Å². The number of aromatic nitrogens is 3. The highest BCUT2D eigenvalue weighted by Gasteiger charge is 2.44. The molecule has 184 valence electrons. The molecule has 0 unspecified atom stereocenters. The summed E-state index contributed by atoms with van der Waals surface area (Å²) >= 11 is 0. The first kappa shape index (κ1) is 25.3. The smallest absolute Gasteiger partial charge is 0.353 e. The quantitative estimate of drug-likeness (QED) is 0.282. The number of carbonyl (C=O) groups excluding carboxylic acids is 3. The van der Waals surface area contributed by atoms with E-state index >= 15 is 0 Å². The molecule has 9 nitrogen and oxygen atoms in total. The molecule has 1 aromatic carbocycles. The predicted molar refractivity (Wildman–Crippen MR) is 111 cm³/mol. The van der Waals surface area contributed by atoms with Crippen molar-refractivity contribution < 1.29 is 31.9 Å². The van der Waals surface area contributed by atoms with Crippen molar-refractivity contribution in [3.63, 3.8) is 0 Å². The Bertz CT molecular complexity index is 1010. The van der Waals surface area contributed by atoms with Gasteiger partial charge in [-0.1, -0.05) is 31.0 Å². The predicted octanol–water partition coefficient (Wildman–Crippen LogP) is 1.35. The number of Topliss-reactive ketones (excluding diaryl/α,β-unsaturated/α-hetero) is 1. The number of nitrogens with one attached hydrogen (secondary N) is 4. The number of hydrogen-bond donors (Lipinski definition) is 4. The van der Waals surface area contributed by atoms with E-state index in [4.69, 9.17) is 0 Å². The van der Waals surface area contributed by atoms with Gasteiger partial charge in [0.25, 0.3) is 5.91 Å². The molecule has 0 aliphatic heterocycles. The number of rotatable bonds is 11. The van der Waals surface area contributed by atoms with Gasteiger partial charge < -0.3 is 10.6 Å². The molecule has 0 bridgehead atoms. The van der Waals surface area contributed by atoms with E-state index in [1.165, 1.54) is 19.2 Å². The van der Waals surface area contributed by atoms with Gasteiger partial charge in [-0.05, 0) is 18.4 Å². The Kier molecular flexibility index (Phi) is 7.97. The highest BCUT2D eigenvalue weighted by molar-refractivity contribution is 6.38. The lowest BCUT2D eigenvalue weighted by molar-refractivity contribution is -0.161. The van der Waals surface area contributed by atoms with Crippen molar-refractivity contribution in [3.8, 4) is 0 Å². The summed E-state index contributed by atoms with van der Waals surface area (Å²) in [5.41, 5.74) is -0.693. The van der Waals surface area contributed by atoms with Crippen LogP contribution in [-0.4, -0.2) is 58.1 Å². The third kappa shape index (κ3) is 6.59. The molecule has 1 fully saturated rings. The first-order valence-corrected chi connectivity index (χ1v) is 10.6. The number of likely N-dealkylation sites (N-methyl/N-ethyl adjacent to an activating group) is 1. The minimum absolute atomic E-state index is 0.0958. The number of ketones is 1. The summed E-state index contributed by atoms with van der Waals surface area (Å²) in [4.78, 5) is 41.2. The number of H-pyrrole nitrogens is 1. The average Bonchev–Trinajstić information content (AvgIpc) is 3.46. The van der Waals surface area contributed by atoms with Crippen molar-refractivity contribution in [2.24, 2.45) is 5.92 Å². The minimum Gasteiger partial charge on any atom is -0.353 e. The molecule has 2 amide bonds. The highest BCUT2D eigenvalue weighted by atomic mass is 19.4. The van der Waals surface area contributed by atoms with Crippen molar-refractivity contribution in [2.75, 3.05) is 7.05 Å². The summed E-state index contributed by atoms with van der Waals surface area (Å²) < 4.78 is 56.0. The van der Waals surface area contributed by atoms with Crippen LogP contribution in [0.4, 0.5) is 17.6 Å². The summed E-state index contributed by atoms with van der Waals surface area (Å²) in [6.07, 6.45) is -2.38. The lowest BCUT2D eigenvalue weighted by Gasteiger charge is -2.28. The molecule has 3 rings (SSSR count). The van der Waals surface area contributed by atoms with Gasteiger partial charge in [-0.2, -0.15) is 18.3 Å². The fourth-order valence-electron chi connectivity index (χ4n) is 3.49. The van der Waals surface area contributed by atoms with Crippen molar-refractivity contribution in [1.29, 1.82) is 0 Å². The van der Waals surface area contributed by atoms with E-state index in [1.54, 1.807) is 0 Å². The molecule has 0 radical (unpaired) electrons. The molecule has 1 saturated carbocycles. The van der Waals surface area contributed by atoms with E-state index in [1.807, 2.05) is 0 Å². The fourth-order valence-corrected chi connectivity index (χ4v) is 3.49. The van der Waals surface area contributed by atoms with E-state index in [-0.39, 0.29) is 24.6 Å². The molecular weight excluding hydrogens is 460 g/mol. The maximum absolute atomic E-state index is 14.2. The van der Waals surface area contributed by atoms with Gasteiger partial charge >= 0.3 is 6.18 Å². The van der Waals surface area contributed by atoms with Crippen LogP contribution in [0.5, 0.6) is 0 Å². The third-order valence-corrected chi connectivity index (χ3v) is 5.44. The van der Waals surface area contributed by atoms with Crippen molar-refractivity contribution in [3.05, 3.63) is 47.8 Å². The summed E-state index contributed by atoms with van der Waals surface area (Å²) in [5, 5.41) is 12.8. The van der Waals surface area contributed by atoms with Crippen LogP contribution in [0, 0.1) is 11.7 Å². The summed E-state index contributed by atoms with van der Waals surface area (Å²) in [7, 11) is 1.26. The Morgan fingerprint density at radius 2 is 1.88 bits per heavy atom. The molecule has 0 spiro atoms. The van der Waals surface area contributed by atoms with Crippen LogP contribution in [-0.2, 0) is 20.8 Å². The van der Waals surface area contributed by atoms with Crippen LogP contribution in [0.3, 0.4) is 0 Å². The Hall–Kier alpha value is -3.35. The minimum atomic E-state index is -4.95. The van der Waals surface area contributed by atoms with Gasteiger partial charge in [0.2, 0.25) is 11.7 Å². The number of nitrogens with zero attached hydrogens (tertiary/aromatic N) is 2. The molecule has 34 heavy (non-hydrogen) atoms. The van der Waals surface area contributed by atoms with E-state index in [0.717, 1.165) is 31.3 Å². The third-order valence-electron chi connectivity index (χ3n) is 5.44. The molecule has 0 saturated heterocycles. The molecule has 3 atom stereocenters. The van der Waals surface area contributed by atoms with Gasteiger partial charge in [0, 0.05) is 19.0 Å². The summed E-state index contributed by atoms with van der Waals surface area (Å²) in [6, 6.07) is -0.973. The van der Waals surface area contributed by atoms with Crippen molar-refractivity contribution in [2.45, 2.75) is 50.0 Å². The zero-order valence-electron chi connectivity index (χ0n) is 18.2. The van der Waals surface area contributed by atoms with Crippen LogP contribution >= 0.6 is 0 Å². The van der Waals surface area contributed by atoms with Gasteiger partial charge in [0.1, 0.15) is 24.0 Å². The van der Waals surface area contributed by atoms with Gasteiger partial charge in [-0.3, -0.25) is 24.8 Å². The second kappa shape index (κ2) is 10.7. The first-order chi connectivity index (χ1) is 16.1. The van der Waals surface area contributed by atoms with Crippen molar-refractivity contribution >= 4 is 17.6 Å². The SMILES string of the molecule is CNC(=O)C(=O)[C@H](CC1CC1)NC(=O)[C@H](Cc1ncn[nH]1)N[C@@H](c1ccccc1F)C(F)(F)F. The Labute approximate surface area is 192 Å². The van der Waals surface area contributed by atoms with E-state index in [0.29, 0.717) is 0 Å². The monoisotopic (exact) mass is 484 g/mol. The molecule has 1 aliphatic carbocycles. The van der Waals surface area contributed by atoms with Gasteiger partial charge in [-0.25, -0.2) is 9.37 Å². The Morgan fingerprint density at radius 1 is 1.18 bits per heavy atom. The molecule has 4 N–H and O–H groups in total. The van der Waals surface area contributed by atoms with Gasteiger partial charge in [-0.15, -0.1) is 0 Å². The number of halogens is 4. The maximum Gasteiger partial charge on any atom is 0.408 e. The molecule has 2 aromatic rings. The van der Waals surface area contributed by atoms with E-state index < -0.39 is 53.3 Å². The highest BCUT2D eigenvalue weighted by Crippen LogP contribution is 2.35. The van der Waals surface area contributed by atoms with E-state index in [9.17, 15) is 31.9 Å². The number of amides is 2. The number of alkyl halides is 3. The normalized spacial score (nSPS) is 16.4. The van der Waals surface area contributed by atoms with Gasteiger partial charge in [0.15, 0.2) is 0 Å². The largest absolute Gasteiger partial charge is 0.408 e. The standard InChI is InChI=1S/C21H24F4N6O3/c1-26-20(34)17(32)14(8-11-6-7-11)30-19(33)15(9-16-27-10-28-31-16)29-18(21(23,24)25)12-4-2-3-5-13(12)22/h2-5,10-11,14-15,18,29H,6-9H2,1H3,(H,26,34)(H,30,33)(H,27,28,31)/t14-,15-,18-/m0/s1. The number of aromatic amines is 1. The Balaban J connectivity index is 1.87. The molecule has 1 heterocycles. The van der Waals surface area contributed by atoms with Gasteiger partial charge in [0.05, 0.1) is 12.1 Å².